The fraction of sp³-hybridized carbons (Fsp3) is 0.133. The van der Waals surface area contributed by atoms with E-state index in [-0.39, 0.29) is 5.75 Å². The minimum Gasteiger partial charge on any atom is -0.507 e. The Kier molecular flexibility index (Phi) is 4.08. The number of rotatable bonds is 3. The first-order valence-electron chi connectivity index (χ1n) is 5.68. The lowest BCUT2D eigenvalue weighted by atomic mass is 10.00. The maximum atomic E-state index is 9.58. The smallest absolute Gasteiger partial charge is 0.131 e. The van der Waals surface area contributed by atoms with E-state index in [9.17, 15) is 5.11 Å². The summed E-state index contributed by atoms with van der Waals surface area (Å²) in [5.74, 6) is 0.881. The lowest BCUT2D eigenvalue weighted by Gasteiger charge is -2.07. The van der Waals surface area contributed by atoms with E-state index >= 15 is 0 Å². The molecule has 1 N–H and O–H groups in total. The number of ether oxygens (including phenoxy) is 1. The Morgan fingerprint density at radius 1 is 1.26 bits per heavy atom. The van der Waals surface area contributed by atoms with Crippen LogP contribution in [0.25, 0.3) is 0 Å². The van der Waals surface area contributed by atoms with Crippen LogP contribution in [0, 0.1) is 11.3 Å². The summed E-state index contributed by atoms with van der Waals surface area (Å²) in [6.07, 6.45) is 0.631. The summed E-state index contributed by atoms with van der Waals surface area (Å²) in [5, 5.41) is 18.7. The zero-order valence-corrected chi connectivity index (χ0v) is 11.9. The van der Waals surface area contributed by atoms with Crippen molar-refractivity contribution < 1.29 is 9.84 Å². The molecule has 0 aliphatic carbocycles. The Bertz CT molecular complexity index is 630. The molecule has 0 saturated heterocycles. The summed E-state index contributed by atoms with van der Waals surface area (Å²) in [6, 6.07) is 13.0. The first-order chi connectivity index (χ1) is 9.13. The molecule has 0 amide bonds. The van der Waals surface area contributed by atoms with Gasteiger partial charge in [-0.1, -0.05) is 12.1 Å². The number of halogens is 1. The van der Waals surface area contributed by atoms with Crippen molar-refractivity contribution in [1.82, 2.24) is 0 Å². The molecule has 0 aliphatic heterocycles. The average molecular weight is 318 g/mol. The molecule has 96 valence electrons. The molecule has 4 heteroatoms. The van der Waals surface area contributed by atoms with Gasteiger partial charge in [0.25, 0.3) is 0 Å². The van der Waals surface area contributed by atoms with Gasteiger partial charge in [0.15, 0.2) is 0 Å². The van der Waals surface area contributed by atoms with E-state index < -0.39 is 0 Å². The number of aromatic hydroxyl groups is 1. The minimum atomic E-state index is 0.0787. The summed E-state index contributed by atoms with van der Waals surface area (Å²) < 4.78 is 5.70. The topological polar surface area (TPSA) is 53.2 Å². The molecule has 2 aromatic rings. The first-order valence-corrected chi connectivity index (χ1v) is 6.47. The van der Waals surface area contributed by atoms with Crippen LogP contribution in [0.15, 0.2) is 40.9 Å². The van der Waals surface area contributed by atoms with Crippen molar-refractivity contribution in [3.05, 3.63) is 57.6 Å². The van der Waals surface area contributed by atoms with Crippen LogP contribution in [0.2, 0.25) is 0 Å². The van der Waals surface area contributed by atoms with Crippen molar-refractivity contribution in [2.24, 2.45) is 0 Å². The average Bonchev–Trinajstić information content (AvgIpc) is 2.43. The number of hydrogen-bond acceptors (Lipinski definition) is 3. The molecule has 0 atom stereocenters. The zero-order chi connectivity index (χ0) is 13.8. The molecule has 2 aromatic carbocycles. The molecular formula is C15H12BrNO2. The van der Waals surface area contributed by atoms with Gasteiger partial charge in [-0.05, 0) is 57.7 Å². The second kappa shape index (κ2) is 5.77. The van der Waals surface area contributed by atoms with E-state index in [0.29, 0.717) is 16.5 Å². The van der Waals surface area contributed by atoms with Crippen LogP contribution < -0.4 is 4.74 Å². The number of phenolic OH excluding ortho intramolecular Hbond substituents is 1. The van der Waals surface area contributed by atoms with Crippen molar-refractivity contribution >= 4 is 15.9 Å². The predicted molar refractivity (Wildman–Crippen MR) is 76.3 cm³/mol. The second-order valence-corrected chi connectivity index (χ2v) is 4.95. The van der Waals surface area contributed by atoms with E-state index in [2.05, 4.69) is 22.0 Å². The molecule has 3 nitrogen and oxygen atoms in total. The fourth-order valence-corrected chi connectivity index (χ4v) is 2.21. The van der Waals surface area contributed by atoms with Crippen molar-refractivity contribution in [1.29, 1.82) is 5.26 Å². The zero-order valence-electron chi connectivity index (χ0n) is 10.4. The highest BCUT2D eigenvalue weighted by Crippen LogP contribution is 2.28. The molecule has 19 heavy (non-hydrogen) atoms. The second-order valence-electron chi connectivity index (χ2n) is 4.10. The Morgan fingerprint density at radius 2 is 1.95 bits per heavy atom. The minimum absolute atomic E-state index is 0.0787. The van der Waals surface area contributed by atoms with Gasteiger partial charge in [0, 0.05) is 0 Å². The number of nitrogens with zero attached hydrogens (tertiary/aromatic N) is 1. The fourth-order valence-electron chi connectivity index (χ4n) is 1.82. The van der Waals surface area contributed by atoms with E-state index in [1.54, 1.807) is 13.2 Å². The first kappa shape index (κ1) is 13.4. The van der Waals surface area contributed by atoms with Gasteiger partial charge >= 0.3 is 0 Å². The Hall–Kier alpha value is -1.99. The predicted octanol–water partition coefficient (Wildman–Crippen LogP) is 3.63. The Morgan fingerprint density at radius 3 is 2.53 bits per heavy atom. The van der Waals surface area contributed by atoms with Gasteiger partial charge in [0.2, 0.25) is 0 Å². The Labute approximate surface area is 120 Å². The summed E-state index contributed by atoms with van der Waals surface area (Å²) in [5.41, 5.74) is 2.43. The third-order valence-electron chi connectivity index (χ3n) is 2.85. The van der Waals surface area contributed by atoms with E-state index in [1.807, 2.05) is 24.3 Å². The molecule has 0 radical (unpaired) electrons. The number of phenols is 1. The molecule has 2 rings (SSSR count). The van der Waals surface area contributed by atoms with Crippen LogP contribution in [-0.2, 0) is 6.42 Å². The van der Waals surface area contributed by atoms with Gasteiger partial charge in [-0.3, -0.25) is 0 Å². The van der Waals surface area contributed by atoms with Gasteiger partial charge in [-0.2, -0.15) is 5.26 Å². The van der Waals surface area contributed by atoms with Crippen LogP contribution in [0.1, 0.15) is 16.7 Å². The molecule has 0 spiro atoms. The third-order valence-corrected chi connectivity index (χ3v) is 3.48. The van der Waals surface area contributed by atoms with E-state index in [0.717, 1.165) is 16.9 Å². The number of benzene rings is 2. The SMILES string of the molecule is COc1ccc(Cc2cc(Br)c(O)cc2C#N)cc1. The Balaban J connectivity index is 2.32. The van der Waals surface area contributed by atoms with Crippen molar-refractivity contribution in [3.8, 4) is 17.6 Å². The number of hydrogen-bond donors (Lipinski definition) is 1. The van der Waals surface area contributed by atoms with Gasteiger partial charge < -0.3 is 9.84 Å². The molecule has 0 aromatic heterocycles. The highest BCUT2D eigenvalue weighted by atomic mass is 79.9. The summed E-state index contributed by atoms with van der Waals surface area (Å²) in [6.45, 7) is 0. The standard InChI is InChI=1S/C15H12BrNO2/c1-19-13-4-2-10(3-5-13)6-11-7-14(16)15(18)8-12(11)9-17/h2-5,7-8,18H,6H2,1H3. The largest absolute Gasteiger partial charge is 0.507 e. The number of nitriles is 1. The van der Waals surface area contributed by atoms with Gasteiger partial charge in [0.1, 0.15) is 11.5 Å². The quantitative estimate of drug-likeness (QED) is 0.940. The molecule has 0 saturated carbocycles. The van der Waals surface area contributed by atoms with Crippen molar-refractivity contribution in [3.63, 3.8) is 0 Å². The molecule has 0 unspecified atom stereocenters. The highest BCUT2D eigenvalue weighted by molar-refractivity contribution is 9.10. The maximum absolute atomic E-state index is 9.58. The molecular weight excluding hydrogens is 306 g/mol. The lowest BCUT2D eigenvalue weighted by Crippen LogP contribution is -1.93. The third kappa shape index (κ3) is 3.07. The summed E-state index contributed by atoms with van der Waals surface area (Å²) in [4.78, 5) is 0. The lowest BCUT2D eigenvalue weighted by molar-refractivity contribution is 0.414. The van der Waals surface area contributed by atoms with E-state index in [4.69, 9.17) is 10.00 Å². The van der Waals surface area contributed by atoms with Crippen LogP contribution in [0.4, 0.5) is 0 Å². The van der Waals surface area contributed by atoms with Crippen LogP contribution >= 0.6 is 15.9 Å². The van der Waals surface area contributed by atoms with Gasteiger partial charge in [-0.15, -0.1) is 0 Å². The monoisotopic (exact) mass is 317 g/mol. The maximum Gasteiger partial charge on any atom is 0.131 e. The van der Waals surface area contributed by atoms with Gasteiger partial charge in [0.05, 0.1) is 23.2 Å². The number of methoxy groups -OCH3 is 1. The van der Waals surface area contributed by atoms with Gasteiger partial charge in [-0.25, -0.2) is 0 Å². The van der Waals surface area contributed by atoms with Crippen molar-refractivity contribution in [2.45, 2.75) is 6.42 Å². The molecule has 0 bridgehead atoms. The molecule has 0 fully saturated rings. The van der Waals surface area contributed by atoms with E-state index in [1.165, 1.54) is 6.07 Å². The highest BCUT2D eigenvalue weighted by Gasteiger charge is 2.08. The van der Waals surface area contributed by atoms with Crippen LogP contribution in [0.3, 0.4) is 0 Å². The van der Waals surface area contributed by atoms with Crippen LogP contribution in [-0.4, -0.2) is 12.2 Å². The van der Waals surface area contributed by atoms with Crippen molar-refractivity contribution in [2.75, 3.05) is 7.11 Å². The normalized spacial score (nSPS) is 9.95. The van der Waals surface area contributed by atoms with Crippen LogP contribution in [0.5, 0.6) is 11.5 Å². The molecule has 0 aliphatic rings. The summed E-state index contributed by atoms with van der Waals surface area (Å²) >= 11 is 3.27. The molecule has 0 heterocycles. The summed E-state index contributed by atoms with van der Waals surface area (Å²) in [7, 11) is 1.62.